The molecule has 0 radical (unpaired) electrons. The largest absolute Gasteiger partial charge is 0.374 e. The zero-order chi connectivity index (χ0) is 16.2. The van der Waals surface area contributed by atoms with Crippen LogP contribution in [0.15, 0.2) is 34.2 Å². The number of anilines is 1. The number of aromatic nitrogens is 3. The summed E-state index contributed by atoms with van der Waals surface area (Å²) in [6.07, 6.45) is 1.86. The summed E-state index contributed by atoms with van der Waals surface area (Å²) < 4.78 is 5.31. The van der Waals surface area contributed by atoms with Crippen molar-refractivity contribution in [2.75, 3.05) is 5.32 Å². The molecule has 0 amide bonds. The van der Waals surface area contributed by atoms with Gasteiger partial charge in [-0.15, -0.1) is 11.3 Å². The minimum absolute atomic E-state index is 0.0273. The Morgan fingerprint density at radius 3 is 2.65 bits per heavy atom. The Morgan fingerprint density at radius 2 is 2.00 bits per heavy atom. The van der Waals surface area contributed by atoms with Crippen molar-refractivity contribution in [1.29, 1.82) is 0 Å². The van der Waals surface area contributed by atoms with Crippen LogP contribution in [-0.4, -0.2) is 15.1 Å². The minimum Gasteiger partial charge on any atom is -0.374 e. The third-order valence-corrected chi connectivity index (χ3v) is 4.28. The number of hydrogen-bond donors (Lipinski definition) is 1. The van der Waals surface area contributed by atoms with E-state index in [2.05, 4.69) is 44.9 Å². The first-order valence-electron chi connectivity index (χ1n) is 7.77. The first kappa shape index (κ1) is 15.7. The molecule has 120 valence electrons. The maximum Gasteiger partial charge on any atom is 0.248 e. The molecular weight excluding hydrogens is 308 g/mol. The van der Waals surface area contributed by atoms with Crippen LogP contribution in [0.4, 0.5) is 5.69 Å². The number of nitrogens with one attached hydrogen (secondary N) is 1. The lowest BCUT2D eigenvalue weighted by Gasteiger charge is -2.11. The molecule has 0 aliphatic heterocycles. The highest BCUT2D eigenvalue weighted by atomic mass is 32.1. The van der Waals surface area contributed by atoms with Crippen LogP contribution in [0, 0.1) is 6.92 Å². The highest BCUT2D eigenvalue weighted by Crippen LogP contribution is 2.24. The van der Waals surface area contributed by atoms with Crippen molar-refractivity contribution in [3.8, 4) is 11.3 Å². The number of rotatable bonds is 6. The predicted octanol–water partition coefficient (Wildman–Crippen LogP) is 4.63. The first-order valence-corrected chi connectivity index (χ1v) is 8.65. The molecule has 0 fully saturated rings. The van der Waals surface area contributed by atoms with E-state index in [-0.39, 0.29) is 6.04 Å². The fourth-order valence-electron chi connectivity index (χ4n) is 2.31. The molecule has 23 heavy (non-hydrogen) atoms. The van der Waals surface area contributed by atoms with Crippen LogP contribution in [0.1, 0.15) is 43.0 Å². The molecule has 6 heteroatoms. The number of nitrogens with zero attached hydrogens (tertiary/aromatic N) is 3. The summed E-state index contributed by atoms with van der Waals surface area (Å²) in [6, 6.07) is 8.20. The van der Waals surface area contributed by atoms with Crippen LogP contribution in [0.5, 0.6) is 0 Å². The number of aryl methyl sites for hydroxylation is 2. The quantitative estimate of drug-likeness (QED) is 0.715. The zero-order valence-electron chi connectivity index (χ0n) is 13.5. The Kier molecular flexibility index (Phi) is 4.71. The van der Waals surface area contributed by atoms with E-state index in [0.29, 0.717) is 5.89 Å². The van der Waals surface area contributed by atoms with E-state index < -0.39 is 0 Å². The standard InChI is InChI=1S/C17H20N4OS/c1-4-5-16-20-17(22-21-16)11(2)18-14-8-6-13(7-9-14)15-10-23-12(3)19-15/h6-11,18H,4-5H2,1-3H3/t11-/m0/s1. The molecule has 0 unspecified atom stereocenters. The molecule has 0 saturated carbocycles. The highest BCUT2D eigenvalue weighted by molar-refractivity contribution is 7.09. The summed E-state index contributed by atoms with van der Waals surface area (Å²) in [4.78, 5) is 8.92. The van der Waals surface area contributed by atoms with Crippen LogP contribution >= 0.6 is 11.3 Å². The van der Waals surface area contributed by atoms with Crippen LogP contribution in [0.3, 0.4) is 0 Å². The molecule has 0 aliphatic rings. The van der Waals surface area contributed by atoms with Crippen molar-refractivity contribution in [2.45, 2.75) is 39.7 Å². The van der Waals surface area contributed by atoms with Gasteiger partial charge in [-0.2, -0.15) is 4.98 Å². The van der Waals surface area contributed by atoms with Gasteiger partial charge in [-0.1, -0.05) is 24.2 Å². The van der Waals surface area contributed by atoms with E-state index in [1.165, 1.54) is 0 Å². The van der Waals surface area contributed by atoms with Crippen LogP contribution in [0.2, 0.25) is 0 Å². The SMILES string of the molecule is CCCc1noc([C@H](C)Nc2ccc(-c3csc(C)n3)cc2)n1. The third-order valence-electron chi connectivity index (χ3n) is 3.51. The van der Waals surface area contributed by atoms with Gasteiger partial charge in [0.05, 0.1) is 10.7 Å². The fourth-order valence-corrected chi connectivity index (χ4v) is 2.94. The second-order valence-electron chi connectivity index (χ2n) is 5.49. The number of benzene rings is 1. The Hall–Kier alpha value is -2.21. The van der Waals surface area contributed by atoms with Gasteiger partial charge in [-0.3, -0.25) is 0 Å². The Balaban J connectivity index is 1.67. The van der Waals surface area contributed by atoms with Gasteiger partial charge in [0.25, 0.3) is 0 Å². The summed E-state index contributed by atoms with van der Waals surface area (Å²) in [7, 11) is 0. The Labute approximate surface area is 139 Å². The summed E-state index contributed by atoms with van der Waals surface area (Å²) in [5.41, 5.74) is 3.16. The van der Waals surface area contributed by atoms with Crippen LogP contribution < -0.4 is 5.32 Å². The van der Waals surface area contributed by atoms with Crippen LogP contribution in [-0.2, 0) is 6.42 Å². The minimum atomic E-state index is -0.0273. The number of thiazole rings is 1. The van der Waals surface area contributed by atoms with E-state index in [1.54, 1.807) is 11.3 Å². The molecule has 1 N–H and O–H groups in total. The van der Waals surface area contributed by atoms with Gasteiger partial charge in [0, 0.05) is 23.1 Å². The molecule has 0 aliphatic carbocycles. The van der Waals surface area contributed by atoms with Gasteiger partial charge in [0.1, 0.15) is 6.04 Å². The van der Waals surface area contributed by atoms with Crippen molar-refractivity contribution in [3.63, 3.8) is 0 Å². The van der Waals surface area contributed by atoms with Crippen molar-refractivity contribution < 1.29 is 4.52 Å². The summed E-state index contributed by atoms with van der Waals surface area (Å²) in [6.45, 7) is 6.13. The van der Waals surface area contributed by atoms with E-state index >= 15 is 0 Å². The maximum atomic E-state index is 5.31. The lowest BCUT2D eigenvalue weighted by molar-refractivity contribution is 0.362. The molecule has 3 rings (SSSR count). The van der Waals surface area contributed by atoms with Crippen molar-refractivity contribution in [2.24, 2.45) is 0 Å². The van der Waals surface area contributed by atoms with Crippen LogP contribution in [0.25, 0.3) is 11.3 Å². The maximum absolute atomic E-state index is 5.31. The summed E-state index contributed by atoms with van der Waals surface area (Å²) in [5.74, 6) is 1.39. The van der Waals surface area contributed by atoms with Gasteiger partial charge in [0.15, 0.2) is 5.82 Å². The average molecular weight is 328 g/mol. The molecule has 0 spiro atoms. The monoisotopic (exact) mass is 328 g/mol. The van der Waals surface area contributed by atoms with Gasteiger partial charge < -0.3 is 9.84 Å². The van der Waals surface area contributed by atoms with E-state index in [1.807, 2.05) is 26.0 Å². The van der Waals surface area contributed by atoms with Gasteiger partial charge in [-0.25, -0.2) is 4.98 Å². The molecular formula is C17H20N4OS. The second kappa shape index (κ2) is 6.91. The molecule has 1 atom stereocenters. The normalized spacial score (nSPS) is 12.3. The fraction of sp³-hybridized carbons (Fsp3) is 0.353. The highest BCUT2D eigenvalue weighted by Gasteiger charge is 2.14. The smallest absolute Gasteiger partial charge is 0.248 e. The van der Waals surface area contributed by atoms with Crippen molar-refractivity contribution in [3.05, 3.63) is 46.4 Å². The third kappa shape index (κ3) is 3.76. The van der Waals surface area contributed by atoms with Crippen molar-refractivity contribution in [1.82, 2.24) is 15.1 Å². The second-order valence-corrected chi connectivity index (χ2v) is 6.56. The Bertz CT molecular complexity index is 763. The van der Waals surface area contributed by atoms with Crippen molar-refractivity contribution >= 4 is 17.0 Å². The zero-order valence-corrected chi connectivity index (χ0v) is 14.4. The Morgan fingerprint density at radius 1 is 1.22 bits per heavy atom. The summed E-state index contributed by atoms with van der Waals surface area (Å²) in [5, 5.41) is 10.5. The molecule has 0 saturated heterocycles. The molecule has 1 aromatic carbocycles. The molecule has 2 heterocycles. The topological polar surface area (TPSA) is 63.8 Å². The first-order chi connectivity index (χ1) is 11.2. The van der Waals surface area contributed by atoms with Gasteiger partial charge >= 0.3 is 0 Å². The summed E-state index contributed by atoms with van der Waals surface area (Å²) >= 11 is 1.66. The van der Waals surface area contributed by atoms with Gasteiger partial charge in [0.2, 0.25) is 5.89 Å². The molecule has 3 aromatic rings. The lowest BCUT2D eigenvalue weighted by Crippen LogP contribution is -2.07. The number of hydrogen-bond acceptors (Lipinski definition) is 6. The molecule has 5 nitrogen and oxygen atoms in total. The molecule has 2 aromatic heterocycles. The van der Waals surface area contributed by atoms with E-state index in [9.17, 15) is 0 Å². The lowest BCUT2D eigenvalue weighted by atomic mass is 10.1. The van der Waals surface area contributed by atoms with E-state index in [4.69, 9.17) is 4.52 Å². The molecule has 0 bridgehead atoms. The average Bonchev–Trinajstić information content (AvgIpc) is 3.18. The predicted molar refractivity (Wildman–Crippen MR) is 92.6 cm³/mol. The van der Waals surface area contributed by atoms with E-state index in [0.717, 1.165) is 40.6 Å². The van der Waals surface area contributed by atoms with Gasteiger partial charge in [-0.05, 0) is 32.4 Å².